The van der Waals surface area contributed by atoms with Crippen molar-refractivity contribution in [1.29, 1.82) is 0 Å². The molecule has 0 aromatic heterocycles. The number of ether oxygens (including phenoxy) is 2. The molecule has 2 aromatic carbocycles. The molecule has 0 heterocycles. The number of carbonyl (C=O) groups is 3. The first-order valence-corrected chi connectivity index (χ1v) is 9.82. The van der Waals surface area contributed by atoms with Gasteiger partial charge in [0.15, 0.2) is 12.4 Å². The topological polar surface area (TPSA) is 81.7 Å². The maximum absolute atomic E-state index is 12.2. The number of Topliss-reactive ketones (excluding diaryl/α,β-unsaturated/α-hetero) is 1. The van der Waals surface area contributed by atoms with E-state index < -0.39 is 18.5 Å². The van der Waals surface area contributed by atoms with Crippen LogP contribution >= 0.6 is 23.2 Å². The maximum Gasteiger partial charge on any atom is 0.306 e. The van der Waals surface area contributed by atoms with Crippen LogP contribution in [0, 0.1) is 0 Å². The van der Waals surface area contributed by atoms with E-state index in [4.69, 9.17) is 32.7 Å². The lowest BCUT2D eigenvalue weighted by Crippen LogP contribution is -2.21. The molecular formula is C21H21Cl2NO5. The molecule has 0 bridgehead atoms. The molecule has 6 nitrogen and oxygen atoms in total. The second-order valence-electron chi connectivity index (χ2n) is 6.10. The quantitative estimate of drug-likeness (QED) is 0.420. The standard InChI is InChI=1S/C21H21Cl2NO5/c1-2-12-28-15-8-6-14(7-9-15)18(25)10-11-20(27)29-13-19(26)24-21-16(22)4-3-5-17(21)23/h3-9H,2,10-13H2,1H3,(H,24,26). The van der Waals surface area contributed by atoms with Gasteiger partial charge in [0, 0.05) is 12.0 Å². The summed E-state index contributed by atoms with van der Waals surface area (Å²) in [5, 5.41) is 3.03. The van der Waals surface area contributed by atoms with Crippen LogP contribution in [0.4, 0.5) is 5.69 Å². The van der Waals surface area contributed by atoms with Crippen LogP contribution in [-0.2, 0) is 14.3 Å². The van der Waals surface area contributed by atoms with Gasteiger partial charge in [-0.3, -0.25) is 14.4 Å². The minimum atomic E-state index is -0.651. The molecule has 0 aliphatic rings. The molecule has 0 saturated heterocycles. The third kappa shape index (κ3) is 7.40. The van der Waals surface area contributed by atoms with E-state index >= 15 is 0 Å². The SMILES string of the molecule is CCCOc1ccc(C(=O)CCC(=O)OCC(=O)Nc2c(Cl)cccc2Cl)cc1. The smallest absolute Gasteiger partial charge is 0.306 e. The van der Waals surface area contributed by atoms with Crippen LogP contribution in [0.1, 0.15) is 36.5 Å². The highest BCUT2D eigenvalue weighted by molar-refractivity contribution is 6.39. The molecule has 1 N–H and O–H groups in total. The second kappa shape index (κ2) is 11.4. The first kappa shape index (κ1) is 22.7. The number of para-hydroxylation sites is 1. The maximum atomic E-state index is 12.2. The average molecular weight is 438 g/mol. The van der Waals surface area contributed by atoms with Crippen LogP contribution in [0.15, 0.2) is 42.5 Å². The Hall–Kier alpha value is -2.57. The molecule has 154 valence electrons. The average Bonchev–Trinajstić information content (AvgIpc) is 2.72. The summed E-state index contributed by atoms with van der Waals surface area (Å²) in [5.41, 5.74) is 0.728. The summed E-state index contributed by atoms with van der Waals surface area (Å²) in [6.45, 7) is 2.11. The van der Waals surface area contributed by atoms with Crippen molar-refractivity contribution in [1.82, 2.24) is 0 Å². The highest BCUT2D eigenvalue weighted by atomic mass is 35.5. The number of amides is 1. The molecule has 0 spiro atoms. The molecule has 0 radical (unpaired) electrons. The van der Waals surface area contributed by atoms with Crippen LogP contribution in [0.25, 0.3) is 0 Å². The Bertz CT molecular complexity index is 848. The number of halogens is 2. The summed E-state index contributed by atoms with van der Waals surface area (Å²) in [4.78, 5) is 35.9. The van der Waals surface area contributed by atoms with Crippen LogP contribution < -0.4 is 10.1 Å². The number of anilines is 1. The Morgan fingerprint density at radius 1 is 0.966 bits per heavy atom. The first-order chi connectivity index (χ1) is 13.9. The zero-order valence-electron chi connectivity index (χ0n) is 15.9. The van der Waals surface area contributed by atoms with Crippen molar-refractivity contribution in [2.24, 2.45) is 0 Å². The fraction of sp³-hybridized carbons (Fsp3) is 0.286. The summed E-state index contributed by atoms with van der Waals surface area (Å²) >= 11 is 11.9. The third-order valence-electron chi connectivity index (χ3n) is 3.80. The lowest BCUT2D eigenvalue weighted by Gasteiger charge is -2.09. The van der Waals surface area contributed by atoms with Crippen molar-refractivity contribution in [3.8, 4) is 5.75 Å². The Morgan fingerprint density at radius 3 is 2.24 bits per heavy atom. The zero-order valence-corrected chi connectivity index (χ0v) is 17.4. The Kier molecular flexibility index (Phi) is 8.96. The molecule has 29 heavy (non-hydrogen) atoms. The van der Waals surface area contributed by atoms with Crippen LogP contribution in [-0.4, -0.2) is 30.9 Å². The monoisotopic (exact) mass is 437 g/mol. The molecule has 0 fully saturated rings. The van der Waals surface area contributed by atoms with Crippen molar-refractivity contribution in [2.75, 3.05) is 18.5 Å². The van der Waals surface area contributed by atoms with E-state index in [-0.39, 0.29) is 34.4 Å². The van der Waals surface area contributed by atoms with Gasteiger partial charge in [0.2, 0.25) is 0 Å². The summed E-state index contributed by atoms with van der Waals surface area (Å²) < 4.78 is 10.4. The predicted molar refractivity (Wildman–Crippen MR) is 112 cm³/mol. The van der Waals surface area contributed by atoms with Gasteiger partial charge in [-0.2, -0.15) is 0 Å². The molecule has 0 aliphatic carbocycles. The van der Waals surface area contributed by atoms with E-state index in [1.165, 1.54) is 0 Å². The number of benzene rings is 2. The second-order valence-corrected chi connectivity index (χ2v) is 6.92. The van der Waals surface area contributed by atoms with Crippen molar-refractivity contribution in [3.05, 3.63) is 58.1 Å². The van der Waals surface area contributed by atoms with Gasteiger partial charge >= 0.3 is 5.97 Å². The van der Waals surface area contributed by atoms with Crippen molar-refractivity contribution < 1.29 is 23.9 Å². The fourth-order valence-electron chi connectivity index (χ4n) is 2.33. The summed E-state index contributed by atoms with van der Waals surface area (Å²) in [6, 6.07) is 11.5. The summed E-state index contributed by atoms with van der Waals surface area (Å²) in [5.74, 6) is -0.743. The molecule has 2 aromatic rings. The zero-order chi connectivity index (χ0) is 21.2. The molecule has 8 heteroatoms. The third-order valence-corrected chi connectivity index (χ3v) is 4.43. The van der Waals surface area contributed by atoms with Gasteiger partial charge in [0.25, 0.3) is 5.91 Å². The predicted octanol–water partition coefficient (Wildman–Crippen LogP) is 4.93. The van der Waals surface area contributed by atoms with Gasteiger partial charge in [-0.1, -0.05) is 36.2 Å². The van der Waals surface area contributed by atoms with Gasteiger partial charge in [-0.15, -0.1) is 0 Å². The van der Waals surface area contributed by atoms with Crippen LogP contribution in [0.2, 0.25) is 10.0 Å². The Balaban J connectivity index is 1.75. The highest BCUT2D eigenvalue weighted by Crippen LogP contribution is 2.29. The van der Waals surface area contributed by atoms with Crippen molar-refractivity contribution in [3.63, 3.8) is 0 Å². The van der Waals surface area contributed by atoms with Gasteiger partial charge < -0.3 is 14.8 Å². The highest BCUT2D eigenvalue weighted by Gasteiger charge is 2.14. The number of ketones is 1. The number of nitrogens with one attached hydrogen (secondary N) is 1. The van der Waals surface area contributed by atoms with E-state index in [2.05, 4.69) is 5.32 Å². The molecule has 0 atom stereocenters. The van der Waals surface area contributed by atoms with E-state index in [9.17, 15) is 14.4 Å². The van der Waals surface area contributed by atoms with Gasteiger partial charge in [0.05, 0.1) is 28.8 Å². The lowest BCUT2D eigenvalue weighted by atomic mass is 10.1. The van der Waals surface area contributed by atoms with E-state index in [0.717, 1.165) is 6.42 Å². The first-order valence-electron chi connectivity index (χ1n) is 9.06. The minimum absolute atomic E-state index is 0.0219. The Morgan fingerprint density at radius 2 is 1.62 bits per heavy atom. The van der Waals surface area contributed by atoms with Gasteiger partial charge in [-0.05, 0) is 42.8 Å². The van der Waals surface area contributed by atoms with Crippen molar-refractivity contribution >= 4 is 46.5 Å². The number of hydrogen-bond donors (Lipinski definition) is 1. The summed E-state index contributed by atoms with van der Waals surface area (Å²) in [6.07, 6.45) is 0.741. The number of esters is 1. The fourth-order valence-corrected chi connectivity index (χ4v) is 2.82. The normalized spacial score (nSPS) is 10.3. The van der Waals surface area contributed by atoms with Crippen LogP contribution in [0.5, 0.6) is 5.75 Å². The molecule has 1 amide bonds. The van der Waals surface area contributed by atoms with Gasteiger partial charge in [-0.25, -0.2) is 0 Å². The number of hydrogen-bond acceptors (Lipinski definition) is 5. The van der Waals surface area contributed by atoms with E-state index in [1.807, 2.05) is 6.92 Å². The summed E-state index contributed by atoms with van der Waals surface area (Å²) in [7, 11) is 0. The van der Waals surface area contributed by atoms with Crippen LogP contribution in [0.3, 0.4) is 0 Å². The molecule has 0 unspecified atom stereocenters. The lowest BCUT2D eigenvalue weighted by molar-refractivity contribution is -0.147. The van der Waals surface area contributed by atoms with E-state index in [1.54, 1.807) is 42.5 Å². The molecule has 2 rings (SSSR count). The van der Waals surface area contributed by atoms with Crippen molar-refractivity contribution in [2.45, 2.75) is 26.2 Å². The molecule has 0 aliphatic heterocycles. The molecular weight excluding hydrogens is 417 g/mol. The number of carbonyl (C=O) groups excluding carboxylic acids is 3. The number of rotatable bonds is 10. The van der Waals surface area contributed by atoms with E-state index in [0.29, 0.717) is 17.9 Å². The Labute approximate surface area is 179 Å². The van der Waals surface area contributed by atoms with Gasteiger partial charge in [0.1, 0.15) is 5.75 Å². The molecule has 0 saturated carbocycles. The largest absolute Gasteiger partial charge is 0.494 e. The minimum Gasteiger partial charge on any atom is -0.494 e.